The Morgan fingerprint density at radius 1 is 1.33 bits per heavy atom. The van der Waals surface area contributed by atoms with Gasteiger partial charge in [0.15, 0.2) is 11.6 Å². The monoisotopic (exact) mass is 378 g/mol. The molecular formula is C20H27FN2O4. The fraction of sp³-hybridized carbons (Fsp3) is 0.600. The molecule has 7 heteroatoms. The molecule has 1 heterocycles. The van der Waals surface area contributed by atoms with E-state index in [1.165, 1.54) is 18.6 Å². The van der Waals surface area contributed by atoms with Gasteiger partial charge in [-0.3, -0.25) is 0 Å². The summed E-state index contributed by atoms with van der Waals surface area (Å²) < 4.78 is 19.1. The minimum atomic E-state index is -0.732. The number of nitrogens with one attached hydrogen (secondary N) is 1. The second-order valence-electron chi connectivity index (χ2n) is 7.46. The number of phenols is 1. The van der Waals surface area contributed by atoms with Crippen molar-refractivity contribution in [3.05, 3.63) is 29.6 Å². The molecule has 1 aliphatic heterocycles. The van der Waals surface area contributed by atoms with Gasteiger partial charge in [0.2, 0.25) is 0 Å². The van der Waals surface area contributed by atoms with Gasteiger partial charge in [0, 0.05) is 6.04 Å². The van der Waals surface area contributed by atoms with Crippen LogP contribution < -0.4 is 5.32 Å². The van der Waals surface area contributed by atoms with Crippen molar-refractivity contribution in [1.82, 2.24) is 10.2 Å². The second kappa shape index (κ2) is 8.59. The van der Waals surface area contributed by atoms with Crippen LogP contribution in [0, 0.1) is 11.7 Å². The van der Waals surface area contributed by atoms with E-state index in [-0.39, 0.29) is 6.04 Å². The van der Waals surface area contributed by atoms with E-state index in [4.69, 9.17) is 4.74 Å². The van der Waals surface area contributed by atoms with Crippen LogP contribution in [0.4, 0.5) is 14.0 Å². The van der Waals surface area contributed by atoms with Crippen LogP contribution in [0.15, 0.2) is 18.2 Å². The zero-order valence-electron chi connectivity index (χ0n) is 15.6. The fourth-order valence-electron chi connectivity index (χ4n) is 3.97. The highest BCUT2D eigenvalue weighted by Crippen LogP contribution is 2.30. The smallest absolute Gasteiger partial charge is 0.418 e. The Balaban J connectivity index is 1.64. The molecular weight excluding hydrogens is 351 g/mol. The first-order chi connectivity index (χ1) is 13.0. The molecule has 0 bridgehead atoms. The zero-order valence-corrected chi connectivity index (χ0v) is 15.6. The molecule has 0 aromatic heterocycles. The summed E-state index contributed by atoms with van der Waals surface area (Å²) in [6.45, 7) is 2.25. The fourth-order valence-corrected chi connectivity index (χ4v) is 3.97. The number of ether oxygens (including phenoxy) is 1. The lowest BCUT2D eigenvalue weighted by Gasteiger charge is -2.38. The molecule has 1 aliphatic carbocycles. The highest BCUT2D eigenvalue weighted by Gasteiger charge is 2.38. The Morgan fingerprint density at radius 2 is 2.07 bits per heavy atom. The molecule has 1 saturated carbocycles. The van der Waals surface area contributed by atoms with E-state index < -0.39 is 29.7 Å². The summed E-state index contributed by atoms with van der Waals surface area (Å²) in [6.07, 6.45) is 6.12. The van der Waals surface area contributed by atoms with E-state index in [0.717, 1.165) is 30.6 Å². The average molecular weight is 378 g/mol. The summed E-state index contributed by atoms with van der Waals surface area (Å²) in [6, 6.07) is 2.79. The molecule has 2 N–H and O–H groups in total. The molecule has 3 amide bonds. The zero-order chi connectivity index (χ0) is 19.4. The predicted octanol–water partition coefficient (Wildman–Crippen LogP) is 4.48. The van der Waals surface area contributed by atoms with E-state index in [1.807, 2.05) is 6.92 Å². The molecule has 2 fully saturated rings. The van der Waals surface area contributed by atoms with Crippen molar-refractivity contribution in [3.63, 3.8) is 0 Å². The SMILES string of the molecule is CCC1CC(c2ccc(O)c(F)c2)NC(=O)N1C(=O)OCC1CCCCC1. The predicted molar refractivity (Wildman–Crippen MR) is 97.8 cm³/mol. The Bertz CT molecular complexity index is 691. The lowest BCUT2D eigenvalue weighted by molar-refractivity contribution is 0.0665. The Kier molecular flexibility index (Phi) is 6.19. The van der Waals surface area contributed by atoms with Gasteiger partial charge in [-0.1, -0.05) is 32.3 Å². The summed E-state index contributed by atoms with van der Waals surface area (Å²) in [4.78, 5) is 26.2. The van der Waals surface area contributed by atoms with Crippen LogP contribution in [0.1, 0.15) is 63.5 Å². The molecule has 1 aromatic rings. The van der Waals surface area contributed by atoms with Crippen molar-refractivity contribution in [2.75, 3.05) is 6.61 Å². The van der Waals surface area contributed by atoms with Crippen LogP contribution >= 0.6 is 0 Å². The Labute approximate surface area is 158 Å². The number of halogens is 1. The molecule has 6 nitrogen and oxygen atoms in total. The van der Waals surface area contributed by atoms with Crippen molar-refractivity contribution in [2.45, 2.75) is 64.0 Å². The minimum absolute atomic E-state index is 0.320. The van der Waals surface area contributed by atoms with Crippen molar-refractivity contribution >= 4 is 12.1 Å². The van der Waals surface area contributed by atoms with Gasteiger partial charge in [0.25, 0.3) is 0 Å². The number of amides is 3. The van der Waals surface area contributed by atoms with E-state index in [9.17, 15) is 19.1 Å². The van der Waals surface area contributed by atoms with Gasteiger partial charge in [-0.05, 0) is 49.3 Å². The second-order valence-corrected chi connectivity index (χ2v) is 7.46. The van der Waals surface area contributed by atoms with E-state index >= 15 is 0 Å². The van der Waals surface area contributed by atoms with Gasteiger partial charge in [-0.2, -0.15) is 0 Å². The molecule has 2 aliphatic rings. The highest BCUT2D eigenvalue weighted by molar-refractivity contribution is 5.92. The average Bonchev–Trinajstić information content (AvgIpc) is 2.68. The molecule has 1 saturated heterocycles. The number of urea groups is 1. The van der Waals surface area contributed by atoms with E-state index in [0.29, 0.717) is 30.9 Å². The number of carbonyl (C=O) groups is 2. The van der Waals surface area contributed by atoms with Crippen LogP contribution in [-0.2, 0) is 4.74 Å². The molecule has 27 heavy (non-hydrogen) atoms. The number of phenolic OH excluding ortho intramolecular Hbond substituents is 1. The summed E-state index contributed by atoms with van der Waals surface area (Å²) >= 11 is 0. The topological polar surface area (TPSA) is 78.9 Å². The third-order valence-corrected chi connectivity index (χ3v) is 5.60. The molecule has 148 valence electrons. The van der Waals surface area contributed by atoms with Gasteiger partial charge < -0.3 is 15.2 Å². The van der Waals surface area contributed by atoms with Crippen molar-refractivity contribution in [2.24, 2.45) is 5.92 Å². The van der Waals surface area contributed by atoms with Crippen molar-refractivity contribution in [1.29, 1.82) is 0 Å². The third-order valence-electron chi connectivity index (χ3n) is 5.60. The van der Waals surface area contributed by atoms with Crippen LogP contribution in [-0.4, -0.2) is 34.8 Å². The summed E-state index contributed by atoms with van der Waals surface area (Å²) in [5.41, 5.74) is 0.562. The van der Waals surface area contributed by atoms with Crippen molar-refractivity contribution < 1.29 is 23.8 Å². The van der Waals surface area contributed by atoms with Gasteiger partial charge in [-0.15, -0.1) is 0 Å². The lowest BCUT2D eigenvalue weighted by Crippen LogP contribution is -2.56. The molecule has 2 unspecified atom stereocenters. The van der Waals surface area contributed by atoms with Crippen LogP contribution in [0.25, 0.3) is 0 Å². The first kappa shape index (κ1) is 19.5. The normalized spacial score (nSPS) is 23.8. The number of hydrogen-bond acceptors (Lipinski definition) is 4. The standard InChI is InChI=1S/C20H27FN2O4/c1-2-15-11-17(14-8-9-18(24)16(21)10-14)22-19(25)23(15)20(26)27-12-13-6-4-3-5-7-13/h8-10,13,15,17,24H,2-7,11-12H2,1H3,(H,22,25). The minimum Gasteiger partial charge on any atom is -0.505 e. The van der Waals surface area contributed by atoms with E-state index in [2.05, 4.69) is 5.32 Å². The lowest BCUT2D eigenvalue weighted by atomic mass is 9.90. The van der Waals surface area contributed by atoms with Crippen LogP contribution in [0.5, 0.6) is 5.75 Å². The van der Waals surface area contributed by atoms with Crippen molar-refractivity contribution in [3.8, 4) is 5.75 Å². The number of nitrogens with zero attached hydrogens (tertiary/aromatic N) is 1. The molecule has 3 rings (SSSR count). The number of carbonyl (C=O) groups excluding carboxylic acids is 2. The first-order valence-electron chi connectivity index (χ1n) is 9.74. The number of rotatable bonds is 4. The Hall–Kier alpha value is -2.31. The van der Waals surface area contributed by atoms with Gasteiger partial charge in [0.1, 0.15) is 0 Å². The highest BCUT2D eigenvalue weighted by atomic mass is 19.1. The maximum Gasteiger partial charge on any atom is 0.418 e. The van der Waals surface area contributed by atoms with Crippen LogP contribution in [0.3, 0.4) is 0 Å². The maximum atomic E-state index is 13.6. The van der Waals surface area contributed by atoms with Gasteiger partial charge in [0.05, 0.1) is 12.6 Å². The summed E-state index contributed by atoms with van der Waals surface area (Å²) in [5, 5.41) is 12.1. The largest absolute Gasteiger partial charge is 0.505 e. The quantitative estimate of drug-likeness (QED) is 0.809. The Morgan fingerprint density at radius 3 is 2.74 bits per heavy atom. The molecule has 2 atom stereocenters. The first-order valence-corrected chi connectivity index (χ1v) is 9.74. The number of aromatic hydroxyl groups is 1. The summed E-state index contributed by atoms with van der Waals surface area (Å²) in [7, 11) is 0. The molecule has 0 spiro atoms. The third kappa shape index (κ3) is 4.51. The number of hydrogen-bond donors (Lipinski definition) is 2. The maximum absolute atomic E-state index is 13.6. The molecule has 0 radical (unpaired) electrons. The van der Waals surface area contributed by atoms with Gasteiger partial charge in [-0.25, -0.2) is 18.9 Å². The molecule has 1 aromatic carbocycles. The number of benzene rings is 1. The van der Waals surface area contributed by atoms with Crippen LogP contribution in [0.2, 0.25) is 0 Å². The van der Waals surface area contributed by atoms with E-state index in [1.54, 1.807) is 6.07 Å². The number of imide groups is 1. The van der Waals surface area contributed by atoms with Gasteiger partial charge >= 0.3 is 12.1 Å². The summed E-state index contributed by atoms with van der Waals surface area (Å²) in [5.74, 6) is -0.784.